The van der Waals surface area contributed by atoms with E-state index in [0.29, 0.717) is 30.9 Å². The summed E-state index contributed by atoms with van der Waals surface area (Å²) in [6.07, 6.45) is 5.59. The van der Waals surface area contributed by atoms with Crippen LogP contribution in [0.1, 0.15) is 38.3 Å². The predicted octanol–water partition coefficient (Wildman–Crippen LogP) is 4.92. The molecule has 36 heavy (non-hydrogen) atoms. The van der Waals surface area contributed by atoms with Crippen LogP contribution in [-0.2, 0) is 6.61 Å². The van der Waals surface area contributed by atoms with Gasteiger partial charge in [-0.25, -0.2) is 14.8 Å². The van der Waals surface area contributed by atoms with E-state index in [4.69, 9.17) is 10.5 Å². The van der Waals surface area contributed by atoms with Gasteiger partial charge in [-0.15, -0.1) is 0 Å². The normalized spacial score (nSPS) is 17.1. The van der Waals surface area contributed by atoms with Crippen LogP contribution < -0.4 is 21.1 Å². The van der Waals surface area contributed by atoms with Crippen LogP contribution >= 0.6 is 0 Å². The minimum atomic E-state index is -0.114. The smallest absolute Gasteiger partial charge is 0.314 e. The summed E-state index contributed by atoms with van der Waals surface area (Å²) in [6, 6.07) is 18.5. The molecule has 8 heteroatoms. The molecule has 2 heterocycles. The number of aromatic nitrogens is 3. The van der Waals surface area contributed by atoms with Crippen LogP contribution in [0.25, 0.3) is 22.2 Å². The molecule has 0 spiro atoms. The minimum absolute atomic E-state index is 0.114. The molecule has 1 saturated carbocycles. The first kappa shape index (κ1) is 23.7. The summed E-state index contributed by atoms with van der Waals surface area (Å²) < 4.78 is 8.27. The molecule has 0 unspecified atom stereocenters. The van der Waals surface area contributed by atoms with Gasteiger partial charge in [0.2, 0.25) is 0 Å². The Balaban J connectivity index is 1.33. The molecule has 1 aliphatic carbocycles. The molecule has 0 atom stereocenters. The summed E-state index contributed by atoms with van der Waals surface area (Å²) in [5.41, 5.74) is 10.3. The van der Waals surface area contributed by atoms with Gasteiger partial charge in [-0.1, -0.05) is 42.5 Å². The number of carbonyl (C=O) groups excluding carboxylic acids is 1. The van der Waals surface area contributed by atoms with Gasteiger partial charge in [0.05, 0.1) is 5.39 Å². The number of fused-ring (bicyclic) bond motifs is 1. The summed E-state index contributed by atoms with van der Waals surface area (Å²) in [6.45, 7) is 5.07. The fraction of sp³-hybridized carbons (Fsp3) is 0.321. The number of benzene rings is 2. The second-order valence-corrected chi connectivity index (χ2v) is 9.71. The molecular weight excluding hydrogens is 452 g/mol. The predicted molar refractivity (Wildman–Crippen MR) is 142 cm³/mol. The van der Waals surface area contributed by atoms with Gasteiger partial charge in [-0.2, -0.15) is 0 Å². The van der Waals surface area contributed by atoms with E-state index < -0.39 is 0 Å². The third-order valence-corrected chi connectivity index (χ3v) is 6.61. The number of amides is 2. The molecule has 0 aliphatic heterocycles. The Hall–Kier alpha value is -4.07. The number of nitrogens with one attached hydrogen (secondary N) is 2. The van der Waals surface area contributed by atoms with Gasteiger partial charge in [-0.3, -0.25) is 0 Å². The van der Waals surface area contributed by atoms with Gasteiger partial charge < -0.3 is 25.7 Å². The van der Waals surface area contributed by atoms with Crippen LogP contribution in [0.2, 0.25) is 0 Å². The van der Waals surface area contributed by atoms with Crippen LogP contribution in [0.4, 0.5) is 10.6 Å². The number of hydrogen-bond donors (Lipinski definition) is 3. The summed E-state index contributed by atoms with van der Waals surface area (Å²) >= 11 is 0. The summed E-state index contributed by atoms with van der Waals surface area (Å²) in [5, 5.41) is 6.70. The van der Waals surface area contributed by atoms with Gasteiger partial charge >= 0.3 is 6.03 Å². The van der Waals surface area contributed by atoms with Crippen molar-refractivity contribution in [2.45, 2.75) is 45.4 Å². The Morgan fingerprint density at radius 1 is 1.14 bits per heavy atom. The molecule has 5 rings (SSSR count). The minimum Gasteiger partial charge on any atom is -0.489 e. The third-order valence-electron chi connectivity index (χ3n) is 6.61. The quantitative estimate of drug-likeness (QED) is 0.329. The van der Waals surface area contributed by atoms with Gasteiger partial charge in [0.1, 0.15) is 30.1 Å². The molecule has 4 aromatic rings. The molecule has 2 aromatic carbocycles. The lowest BCUT2D eigenvalue weighted by atomic mass is 9.80. The zero-order valence-corrected chi connectivity index (χ0v) is 20.6. The Labute approximate surface area is 210 Å². The number of anilines is 1. The van der Waals surface area contributed by atoms with Crippen molar-refractivity contribution in [1.29, 1.82) is 0 Å². The average Bonchev–Trinajstić information content (AvgIpc) is 3.23. The lowest BCUT2D eigenvalue weighted by molar-refractivity contribution is 0.192. The lowest BCUT2D eigenvalue weighted by Crippen LogP contribution is -2.43. The van der Waals surface area contributed by atoms with E-state index >= 15 is 0 Å². The Morgan fingerprint density at radius 3 is 2.72 bits per heavy atom. The summed E-state index contributed by atoms with van der Waals surface area (Å²) in [7, 11) is 0. The van der Waals surface area contributed by atoms with Gasteiger partial charge in [0.15, 0.2) is 0 Å². The summed E-state index contributed by atoms with van der Waals surface area (Å²) in [5.74, 6) is 1.69. The first-order chi connectivity index (χ1) is 17.5. The highest BCUT2D eigenvalue weighted by Crippen LogP contribution is 2.42. The monoisotopic (exact) mass is 484 g/mol. The summed E-state index contributed by atoms with van der Waals surface area (Å²) in [4.78, 5) is 20.8. The number of nitrogens with two attached hydrogens (primary N) is 1. The van der Waals surface area contributed by atoms with E-state index in [9.17, 15) is 4.79 Å². The fourth-order valence-corrected chi connectivity index (χ4v) is 4.74. The van der Waals surface area contributed by atoms with Crippen molar-refractivity contribution in [3.63, 3.8) is 0 Å². The van der Waals surface area contributed by atoms with Crippen molar-refractivity contribution in [2.24, 2.45) is 5.92 Å². The Morgan fingerprint density at radius 2 is 1.94 bits per heavy atom. The number of ether oxygens (including phenoxy) is 1. The van der Waals surface area contributed by atoms with Crippen molar-refractivity contribution in [1.82, 2.24) is 25.2 Å². The maximum atomic E-state index is 11.9. The van der Waals surface area contributed by atoms with Crippen LogP contribution in [0.3, 0.4) is 0 Å². The lowest BCUT2D eigenvalue weighted by Gasteiger charge is -2.36. The number of nitrogens with zero attached hydrogens (tertiary/aromatic N) is 3. The molecule has 0 bridgehead atoms. The second kappa shape index (κ2) is 10.3. The number of carbonyl (C=O) groups is 1. The first-order valence-corrected chi connectivity index (χ1v) is 12.4. The van der Waals surface area contributed by atoms with Gasteiger partial charge in [0.25, 0.3) is 0 Å². The number of hydrogen-bond acceptors (Lipinski definition) is 5. The molecule has 2 amide bonds. The topological polar surface area (TPSA) is 107 Å². The van der Waals surface area contributed by atoms with E-state index in [2.05, 4.69) is 37.4 Å². The third kappa shape index (κ3) is 5.12. The highest BCUT2D eigenvalue weighted by Gasteiger charge is 2.32. The Kier molecular flexibility index (Phi) is 6.75. The van der Waals surface area contributed by atoms with Crippen molar-refractivity contribution in [3.05, 3.63) is 72.7 Å². The molecule has 4 N–H and O–H groups in total. The molecule has 0 saturated heterocycles. The van der Waals surface area contributed by atoms with Crippen molar-refractivity contribution in [2.75, 3.05) is 12.3 Å². The standard InChI is InChI=1S/C28H32N6O2/c1-18(2)33-28(35)30-14-20-11-22(12-20)34-15-24(25-26(29)31-17-32-27(25)34)21-9-6-10-23(13-21)36-16-19-7-4-3-5-8-19/h3-10,13,15,17-18,20,22H,11-12,14,16H2,1-2H3,(H2,29,31,32)(H2,30,33,35). The molecular formula is C28H32N6O2. The highest BCUT2D eigenvalue weighted by atomic mass is 16.5. The van der Waals surface area contributed by atoms with Gasteiger partial charge in [-0.05, 0) is 55.9 Å². The largest absolute Gasteiger partial charge is 0.489 e. The zero-order chi connectivity index (χ0) is 25.1. The van der Waals surface area contributed by atoms with E-state index in [0.717, 1.165) is 46.3 Å². The SMILES string of the molecule is CC(C)NC(=O)NCC1CC(n2cc(-c3cccc(OCc4ccccc4)c3)c3c(N)ncnc32)C1. The number of nitrogen functional groups attached to an aromatic ring is 1. The van der Waals surface area contributed by atoms with Crippen LogP contribution in [0.15, 0.2) is 67.1 Å². The maximum Gasteiger partial charge on any atom is 0.314 e. The fourth-order valence-electron chi connectivity index (χ4n) is 4.74. The van der Waals surface area contributed by atoms with Crippen molar-refractivity contribution < 1.29 is 9.53 Å². The molecule has 1 fully saturated rings. The number of urea groups is 1. The first-order valence-electron chi connectivity index (χ1n) is 12.4. The maximum absolute atomic E-state index is 11.9. The van der Waals surface area contributed by atoms with Crippen LogP contribution in [-0.4, -0.2) is 33.2 Å². The van der Waals surface area contributed by atoms with Gasteiger partial charge in [0, 0.05) is 30.4 Å². The molecule has 186 valence electrons. The van der Waals surface area contributed by atoms with E-state index in [1.54, 1.807) is 0 Å². The number of rotatable bonds is 8. The second-order valence-electron chi connectivity index (χ2n) is 9.71. The van der Waals surface area contributed by atoms with E-state index in [-0.39, 0.29) is 12.1 Å². The van der Waals surface area contributed by atoms with Crippen LogP contribution in [0, 0.1) is 5.92 Å². The molecule has 8 nitrogen and oxygen atoms in total. The van der Waals surface area contributed by atoms with Crippen LogP contribution in [0.5, 0.6) is 5.75 Å². The Bertz CT molecular complexity index is 1340. The van der Waals surface area contributed by atoms with E-state index in [1.165, 1.54) is 6.33 Å². The van der Waals surface area contributed by atoms with Crippen molar-refractivity contribution in [3.8, 4) is 16.9 Å². The molecule has 1 aliphatic rings. The molecule has 0 radical (unpaired) electrons. The molecule has 2 aromatic heterocycles. The average molecular weight is 485 g/mol. The zero-order valence-electron chi connectivity index (χ0n) is 20.6. The highest BCUT2D eigenvalue weighted by molar-refractivity contribution is 6.00. The van der Waals surface area contributed by atoms with Crippen molar-refractivity contribution >= 4 is 22.9 Å². The van der Waals surface area contributed by atoms with E-state index in [1.807, 2.05) is 62.4 Å².